The minimum absolute atomic E-state index is 0.264. The highest BCUT2D eigenvalue weighted by Gasteiger charge is 2.18. The Morgan fingerprint density at radius 1 is 1.00 bits per heavy atom. The van der Waals surface area contributed by atoms with Crippen LogP contribution in [0, 0.1) is 0 Å². The number of sulfonamides is 1. The van der Waals surface area contributed by atoms with E-state index in [-0.39, 0.29) is 4.90 Å². The number of hydrogen-bond donors (Lipinski definition) is 1. The first kappa shape index (κ1) is 13.8. The van der Waals surface area contributed by atoms with Crippen molar-refractivity contribution in [3.63, 3.8) is 0 Å². The predicted octanol–water partition coefficient (Wildman–Crippen LogP) is 2.79. The van der Waals surface area contributed by atoms with Crippen LogP contribution in [0.2, 0.25) is 0 Å². The van der Waals surface area contributed by atoms with Crippen molar-refractivity contribution in [1.82, 2.24) is 0 Å². The Labute approximate surface area is 123 Å². The summed E-state index contributed by atoms with van der Waals surface area (Å²) >= 11 is 0. The van der Waals surface area contributed by atoms with Gasteiger partial charge in [-0.15, -0.1) is 0 Å². The van der Waals surface area contributed by atoms with E-state index in [1.54, 1.807) is 30.3 Å². The zero-order valence-corrected chi connectivity index (χ0v) is 12.2. The van der Waals surface area contributed by atoms with Crippen molar-refractivity contribution in [3.8, 4) is 0 Å². The number of aldehydes is 1. The Hall–Kier alpha value is -2.14. The molecule has 0 unspecified atom stereocenters. The number of benzene rings is 2. The average molecular weight is 301 g/mol. The SMILES string of the molecule is O=Cc1cccc(NS(=O)(=O)c2ccc3c(c2)CCC3)c1. The maximum atomic E-state index is 12.4. The highest BCUT2D eigenvalue weighted by Crippen LogP contribution is 2.25. The summed E-state index contributed by atoms with van der Waals surface area (Å²) in [6.45, 7) is 0. The molecule has 0 aromatic heterocycles. The third kappa shape index (κ3) is 2.83. The van der Waals surface area contributed by atoms with Gasteiger partial charge in [-0.05, 0) is 54.7 Å². The number of rotatable bonds is 4. The largest absolute Gasteiger partial charge is 0.298 e. The van der Waals surface area contributed by atoms with Gasteiger partial charge in [-0.2, -0.15) is 0 Å². The summed E-state index contributed by atoms with van der Waals surface area (Å²) in [4.78, 5) is 11.0. The molecule has 5 heteroatoms. The monoisotopic (exact) mass is 301 g/mol. The van der Waals surface area contributed by atoms with Gasteiger partial charge in [-0.25, -0.2) is 8.42 Å². The number of aryl methyl sites for hydroxylation is 2. The van der Waals surface area contributed by atoms with Gasteiger partial charge < -0.3 is 0 Å². The molecule has 1 aliphatic rings. The standard InChI is InChI=1S/C16H15NO3S/c18-11-12-3-1-6-15(9-12)17-21(19,20)16-8-7-13-4-2-5-14(13)10-16/h1,3,6-11,17H,2,4-5H2. The van der Waals surface area contributed by atoms with E-state index >= 15 is 0 Å². The molecule has 2 aromatic carbocycles. The van der Waals surface area contributed by atoms with Gasteiger partial charge in [0.15, 0.2) is 0 Å². The van der Waals surface area contributed by atoms with Crippen molar-refractivity contribution in [3.05, 3.63) is 59.2 Å². The summed E-state index contributed by atoms with van der Waals surface area (Å²) in [6.07, 6.45) is 3.71. The molecule has 0 saturated carbocycles. The molecule has 0 amide bonds. The zero-order valence-electron chi connectivity index (χ0n) is 11.4. The van der Waals surface area contributed by atoms with Crippen LogP contribution >= 0.6 is 0 Å². The van der Waals surface area contributed by atoms with Gasteiger partial charge in [0, 0.05) is 11.3 Å². The van der Waals surface area contributed by atoms with E-state index in [2.05, 4.69) is 4.72 Å². The Morgan fingerprint density at radius 3 is 2.62 bits per heavy atom. The lowest BCUT2D eigenvalue weighted by Crippen LogP contribution is -2.13. The van der Waals surface area contributed by atoms with Gasteiger partial charge in [-0.3, -0.25) is 9.52 Å². The Kier molecular flexibility index (Phi) is 3.51. The summed E-state index contributed by atoms with van der Waals surface area (Å²) in [5.41, 5.74) is 3.17. The molecule has 0 heterocycles. The van der Waals surface area contributed by atoms with Crippen molar-refractivity contribution in [2.75, 3.05) is 4.72 Å². The third-order valence-corrected chi connectivity index (χ3v) is 5.03. The number of nitrogens with one attached hydrogen (secondary N) is 1. The van der Waals surface area contributed by atoms with Crippen LogP contribution in [0.1, 0.15) is 27.9 Å². The fourth-order valence-electron chi connectivity index (χ4n) is 2.60. The maximum Gasteiger partial charge on any atom is 0.261 e. The number of anilines is 1. The molecule has 0 saturated heterocycles. The first-order valence-corrected chi connectivity index (χ1v) is 8.27. The molecule has 108 valence electrons. The van der Waals surface area contributed by atoms with Crippen LogP contribution in [0.3, 0.4) is 0 Å². The molecule has 4 nitrogen and oxygen atoms in total. The van der Waals surface area contributed by atoms with Crippen LogP contribution in [0.25, 0.3) is 0 Å². The lowest BCUT2D eigenvalue weighted by atomic mass is 10.1. The van der Waals surface area contributed by atoms with Gasteiger partial charge in [0.25, 0.3) is 10.0 Å². The third-order valence-electron chi connectivity index (χ3n) is 3.66. The van der Waals surface area contributed by atoms with Crippen LogP contribution in [-0.4, -0.2) is 14.7 Å². The first-order valence-electron chi connectivity index (χ1n) is 6.78. The Morgan fingerprint density at radius 2 is 1.81 bits per heavy atom. The lowest BCUT2D eigenvalue weighted by Gasteiger charge is -2.10. The molecule has 0 fully saturated rings. The maximum absolute atomic E-state index is 12.4. The van der Waals surface area contributed by atoms with Gasteiger partial charge in [0.1, 0.15) is 6.29 Å². The number of hydrogen-bond acceptors (Lipinski definition) is 3. The molecule has 0 atom stereocenters. The molecule has 0 radical (unpaired) electrons. The van der Waals surface area contributed by atoms with Gasteiger partial charge >= 0.3 is 0 Å². The second kappa shape index (κ2) is 5.33. The van der Waals surface area contributed by atoms with Crippen molar-refractivity contribution < 1.29 is 13.2 Å². The first-order chi connectivity index (χ1) is 10.1. The predicted molar refractivity (Wildman–Crippen MR) is 81.1 cm³/mol. The van der Waals surface area contributed by atoms with Crippen molar-refractivity contribution in [2.45, 2.75) is 24.2 Å². The van der Waals surface area contributed by atoms with E-state index in [0.717, 1.165) is 24.8 Å². The highest BCUT2D eigenvalue weighted by molar-refractivity contribution is 7.92. The normalized spacial score (nSPS) is 13.7. The van der Waals surface area contributed by atoms with Gasteiger partial charge in [-0.1, -0.05) is 18.2 Å². The van der Waals surface area contributed by atoms with Crippen LogP contribution in [0.4, 0.5) is 5.69 Å². The molecule has 3 rings (SSSR count). The van der Waals surface area contributed by atoms with Crippen LogP contribution < -0.4 is 4.72 Å². The minimum atomic E-state index is -3.63. The summed E-state index contributed by atoms with van der Waals surface area (Å²) < 4.78 is 27.3. The summed E-state index contributed by atoms with van der Waals surface area (Å²) in [6, 6.07) is 11.7. The van der Waals surface area contributed by atoms with E-state index in [1.165, 1.54) is 11.6 Å². The number of carbonyl (C=O) groups excluding carboxylic acids is 1. The molecule has 0 aliphatic heterocycles. The van der Waals surface area contributed by atoms with Crippen LogP contribution in [-0.2, 0) is 22.9 Å². The fourth-order valence-corrected chi connectivity index (χ4v) is 3.70. The number of fused-ring (bicyclic) bond motifs is 1. The Bertz CT molecular complexity index is 797. The number of carbonyl (C=O) groups is 1. The van der Waals surface area contributed by atoms with Crippen molar-refractivity contribution in [1.29, 1.82) is 0 Å². The van der Waals surface area contributed by atoms with Crippen LogP contribution in [0.5, 0.6) is 0 Å². The minimum Gasteiger partial charge on any atom is -0.298 e. The smallest absolute Gasteiger partial charge is 0.261 e. The van der Waals surface area contributed by atoms with Crippen molar-refractivity contribution in [2.24, 2.45) is 0 Å². The molecule has 2 aromatic rings. The van der Waals surface area contributed by atoms with E-state index < -0.39 is 10.0 Å². The van der Waals surface area contributed by atoms with Gasteiger partial charge in [0.2, 0.25) is 0 Å². The summed E-state index contributed by atoms with van der Waals surface area (Å²) in [5, 5.41) is 0. The Balaban J connectivity index is 1.91. The molecule has 21 heavy (non-hydrogen) atoms. The second-order valence-electron chi connectivity index (χ2n) is 5.13. The van der Waals surface area contributed by atoms with E-state index in [1.807, 2.05) is 6.07 Å². The molecule has 0 spiro atoms. The molecule has 1 N–H and O–H groups in total. The molecular weight excluding hydrogens is 286 g/mol. The zero-order chi connectivity index (χ0) is 14.9. The summed E-state index contributed by atoms with van der Waals surface area (Å²) in [7, 11) is -3.63. The lowest BCUT2D eigenvalue weighted by molar-refractivity contribution is 0.112. The van der Waals surface area contributed by atoms with Crippen molar-refractivity contribution >= 4 is 22.0 Å². The fraction of sp³-hybridized carbons (Fsp3) is 0.188. The average Bonchev–Trinajstić information content (AvgIpc) is 2.94. The molecule has 1 aliphatic carbocycles. The molecular formula is C16H15NO3S. The molecule has 0 bridgehead atoms. The van der Waals surface area contributed by atoms with E-state index in [4.69, 9.17) is 0 Å². The highest BCUT2D eigenvalue weighted by atomic mass is 32.2. The van der Waals surface area contributed by atoms with E-state index in [9.17, 15) is 13.2 Å². The second-order valence-corrected chi connectivity index (χ2v) is 6.82. The van der Waals surface area contributed by atoms with Gasteiger partial charge in [0.05, 0.1) is 4.90 Å². The summed E-state index contributed by atoms with van der Waals surface area (Å²) in [5.74, 6) is 0. The van der Waals surface area contributed by atoms with Crippen LogP contribution in [0.15, 0.2) is 47.4 Å². The topological polar surface area (TPSA) is 63.2 Å². The quantitative estimate of drug-likeness (QED) is 0.883. The van der Waals surface area contributed by atoms with E-state index in [0.29, 0.717) is 17.5 Å².